The lowest BCUT2D eigenvalue weighted by Crippen LogP contribution is -2.27. The fourth-order valence-corrected chi connectivity index (χ4v) is 4.25. The van der Waals surface area contributed by atoms with Crippen molar-refractivity contribution < 1.29 is 8.95 Å². The third-order valence-electron chi connectivity index (χ3n) is 5.02. The number of hydrogen-bond acceptors (Lipinski definition) is 4. The molecular weight excluding hydrogens is 440 g/mol. The number of benzene rings is 2. The van der Waals surface area contributed by atoms with Crippen LogP contribution in [-0.4, -0.2) is 19.9 Å². The van der Waals surface area contributed by atoms with Gasteiger partial charge < -0.3 is 13.9 Å². The van der Waals surface area contributed by atoms with Gasteiger partial charge in [0.1, 0.15) is 5.69 Å². The van der Waals surface area contributed by atoms with Gasteiger partial charge in [-0.25, -0.2) is 0 Å². The predicted octanol–water partition coefficient (Wildman–Crippen LogP) is 6.59. The van der Waals surface area contributed by atoms with Crippen LogP contribution in [0.15, 0.2) is 63.9 Å². The van der Waals surface area contributed by atoms with E-state index in [1.807, 2.05) is 56.3 Å². The summed E-state index contributed by atoms with van der Waals surface area (Å²) in [5, 5.41) is 5.73. The Morgan fingerprint density at radius 2 is 1.72 bits per heavy atom. The number of rotatable bonds is 5. The minimum Gasteiger partial charge on any atom is -0.406 e. The molecule has 4 aromatic rings. The molecule has 32 heavy (non-hydrogen) atoms. The van der Waals surface area contributed by atoms with Gasteiger partial charge in [-0.2, -0.15) is 0 Å². The molecule has 2 radical (unpaired) electrons. The van der Waals surface area contributed by atoms with Gasteiger partial charge in [0, 0.05) is 27.6 Å². The molecule has 1 N–H and O–H groups in total. The van der Waals surface area contributed by atoms with Crippen LogP contribution in [0.3, 0.4) is 0 Å². The Morgan fingerprint density at radius 3 is 2.41 bits per heavy atom. The molecular formula is C25H25ClN2O3Si. The molecule has 2 heterocycles. The zero-order valence-electron chi connectivity index (χ0n) is 18.7. The zero-order chi connectivity index (χ0) is 23.1. The second kappa shape index (κ2) is 8.35. The fourth-order valence-electron chi connectivity index (χ4n) is 3.41. The van der Waals surface area contributed by atoms with E-state index in [0.717, 1.165) is 16.5 Å². The minimum absolute atomic E-state index is 0.0408. The molecule has 0 fully saturated rings. The summed E-state index contributed by atoms with van der Waals surface area (Å²) in [6.07, 6.45) is 0. The van der Waals surface area contributed by atoms with Crippen molar-refractivity contribution in [2.75, 3.05) is 0 Å². The van der Waals surface area contributed by atoms with Crippen molar-refractivity contribution in [3.05, 3.63) is 75.7 Å². The molecule has 0 atom stereocenters. The highest BCUT2D eigenvalue weighted by Crippen LogP contribution is 2.38. The number of H-pyrrole nitrogens is 1. The van der Waals surface area contributed by atoms with Crippen LogP contribution < -0.4 is 5.56 Å². The first-order chi connectivity index (χ1) is 15.0. The number of nitrogens with zero attached hydrogens (tertiary/aromatic N) is 1. The number of fused-ring (bicyclic) bond motifs is 1. The Balaban J connectivity index is 1.89. The van der Waals surface area contributed by atoms with Gasteiger partial charge in [-0.05, 0) is 42.6 Å². The second-order valence-electron chi connectivity index (χ2n) is 9.30. The molecule has 0 bridgehead atoms. The summed E-state index contributed by atoms with van der Waals surface area (Å²) in [5.74, 6) is 0.387. The lowest BCUT2D eigenvalue weighted by Gasteiger charge is -2.27. The first-order valence-electron chi connectivity index (χ1n) is 10.4. The molecule has 7 heteroatoms. The summed E-state index contributed by atoms with van der Waals surface area (Å²) in [6, 6.07) is 17.0. The number of pyridine rings is 1. The van der Waals surface area contributed by atoms with Gasteiger partial charge >= 0.3 is 0 Å². The highest BCUT2D eigenvalue weighted by Gasteiger charge is 2.30. The normalized spacial score (nSPS) is 12.4. The van der Waals surface area contributed by atoms with Crippen LogP contribution >= 0.6 is 11.6 Å². The number of nitrogens with one attached hydrogen (secondary N) is 1. The van der Waals surface area contributed by atoms with Gasteiger partial charge in [-0.15, -0.1) is 0 Å². The lowest BCUT2D eigenvalue weighted by molar-refractivity contribution is 0.100. The second-order valence-corrected chi connectivity index (χ2v) is 11.6. The smallest absolute Gasteiger partial charge is 0.260 e. The maximum absolute atomic E-state index is 13.2. The van der Waals surface area contributed by atoms with E-state index in [4.69, 9.17) is 20.6 Å². The summed E-state index contributed by atoms with van der Waals surface area (Å²) in [7, 11) is 0.288. The van der Waals surface area contributed by atoms with Gasteiger partial charge in [-0.1, -0.05) is 67.9 Å². The molecule has 0 unspecified atom stereocenters. The molecule has 0 saturated carbocycles. The molecule has 0 aliphatic rings. The Kier molecular flexibility index (Phi) is 5.88. The largest absolute Gasteiger partial charge is 0.406 e. The maximum atomic E-state index is 13.2. The van der Waals surface area contributed by atoms with Crippen LogP contribution in [0.25, 0.3) is 33.4 Å². The number of aromatic nitrogens is 2. The predicted molar refractivity (Wildman–Crippen MR) is 130 cm³/mol. The Hall–Kier alpha value is -2.67. The highest BCUT2D eigenvalue weighted by molar-refractivity contribution is 6.32. The Bertz CT molecular complexity index is 1320. The van der Waals surface area contributed by atoms with E-state index in [0.29, 0.717) is 27.6 Å². The Labute approximate surface area is 194 Å². The van der Waals surface area contributed by atoms with Gasteiger partial charge in [0.2, 0.25) is 9.76 Å². The topological polar surface area (TPSA) is 68.1 Å². The number of halogens is 1. The van der Waals surface area contributed by atoms with Crippen LogP contribution in [-0.2, 0) is 10.0 Å². The summed E-state index contributed by atoms with van der Waals surface area (Å²) in [4.78, 5) is 16.2. The maximum Gasteiger partial charge on any atom is 0.260 e. The molecule has 0 saturated heterocycles. The third-order valence-corrected chi connectivity index (χ3v) is 6.48. The number of hydrogen-bond donors (Lipinski definition) is 1. The van der Waals surface area contributed by atoms with Crippen LogP contribution in [0.4, 0.5) is 0 Å². The van der Waals surface area contributed by atoms with Gasteiger partial charge in [0.15, 0.2) is 5.76 Å². The van der Waals surface area contributed by atoms with E-state index in [1.165, 1.54) is 0 Å². The van der Waals surface area contributed by atoms with Crippen molar-refractivity contribution in [1.82, 2.24) is 10.1 Å². The van der Waals surface area contributed by atoms with E-state index in [1.54, 1.807) is 12.1 Å². The van der Waals surface area contributed by atoms with E-state index >= 15 is 0 Å². The van der Waals surface area contributed by atoms with Crippen molar-refractivity contribution >= 4 is 32.3 Å². The summed E-state index contributed by atoms with van der Waals surface area (Å²) >= 11 is 6.31. The monoisotopic (exact) mass is 464 g/mol. The summed E-state index contributed by atoms with van der Waals surface area (Å²) in [5.41, 5.74) is 2.49. The van der Waals surface area contributed by atoms with E-state index in [2.05, 4.69) is 30.9 Å². The SMILES string of the molecule is CC(C)(C)[Si]OC(C)(C)c1cc(-c2c(-c3ccccc3)c3cc(Cl)ccc3[nH]c2=O)on1. The molecule has 0 aliphatic carbocycles. The quantitative estimate of drug-likeness (QED) is 0.338. The van der Waals surface area contributed by atoms with Crippen LogP contribution in [0.5, 0.6) is 0 Å². The summed E-state index contributed by atoms with van der Waals surface area (Å²) in [6.45, 7) is 10.3. The van der Waals surface area contributed by atoms with Crippen molar-refractivity contribution in [3.63, 3.8) is 0 Å². The van der Waals surface area contributed by atoms with Gasteiger partial charge in [-0.3, -0.25) is 4.79 Å². The minimum atomic E-state index is -0.659. The highest BCUT2D eigenvalue weighted by atomic mass is 35.5. The van der Waals surface area contributed by atoms with Crippen molar-refractivity contribution in [1.29, 1.82) is 0 Å². The van der Waals surface area contributed by atoms with E-state index < -0.39 is 5.60 Å². The molecule has 4 rings (SSSR count). The molecule has 0 aliphatic heterocycles. The first-order valence-corrected chi connectivity index (χ1v) is 11.7. The molecule has 0 spiro atoms. The van der Waals surface area contributed by atoms with Gasteiger partial charge in [0.25, 0.3) is 5.56 Å². The average molecular weight is 465 g/mol. The zero-order valence-corrected chi connectivity index (χ0v) is 20.5. The van der Waals surface area contributed by atoms with Crippen molar-refractivity contribution in [3.8, 4) is 22.5 Å². The molecule has 2 aromatic carbocycles. The van der Waals surface area contributed by atoms with Crippen LogP contribution in [0.2, 0.25) is 10.1 Å². The van der Waals surface area contributed by atoms with Gasteiger partial charge in [0.05, 0.1) is 11.2 Å². The molecule has 5 nitrogen and oxygen atoms in total. The van der Waals surface area contributed by atoms with Crippen LogP contribution in [0.1, 0.15) is 40.3 Å². The molecule has 2 aromatic heterocycles. The van der Waals surface area contributed by atoms with E-state index in [9.17, 15) is 4.79 Å². The lowest BCUT2D eigenvalue weighted by atomic mass is 9.94. The fraction of sp³-hybridized carbons (Fsp3) is 0.280. The summed E-state index contributed by atoms with van der Waals surface area (Å²) < 4.78 is 11.9. The average Bonchev–Trinajstić information content (AvgIpc) is 3.23. The Morgan fingerprint density at radius 1 is 1.00 bits per heavy atom. The number of aromatic amines is 1. The van der Waals surface area contributed by atoms with Crippen molar-refractivity contribution in [2.45, 2.75) is 45.3 Å². The first kappa shape index (κ1) is 22.5. The standard InChI is InChI=1S/C25H25ClN2O3Si/c1-24(2,3)32-31-25(4,5)20-14-19(30-28-20)22-21(15-9-7-6-8-10-15)17-13-16(26)11-12-18(17)27-23(22)29/h6-14H,1-5H3,(H,27,29). The molecule has 0 amide bonds. The van der Waals surface area contributed by atoms with Crippen molar-refractivity contribution in [2.24, 2.45) is 0 Å². The van der Waals surface area contributed by atoms with Crippen LogP contribution in [0, 0.1) is 0 Å². The third kappa shape index (κ3) is 4.58. The van der Waals surface area contributed by atoms with E-state index in [-0.39, 0.29) is 20.4 Å². The molecule has 164 valence electrons.